The van der Waals surface area contributed by atoms with Crippen molar-refractivity contribution in [3.63, 3.8) is 0 Å². The fourth-order valence-electron chi connectivity index (χ4n) is 3.66. The lowest BCUT2D eigenvalue weighted by atomic mass is 9.98. The highest BCUT2D eigenvalue weighted by atomic mass is 32.2. The van der Waals surface area contributed by atoms with Crippen LogP contribution in [0.2, 0.25) is 0 Å². The van der Waals surface area contributed by atoms with E-state index >= 15 is 0 Å². The van der Waals surface area contributed by atoms with Crippen LogP contribution in [0.3, 0.4) is 0 Å². The van der Waals surface area contributed by atoms with E-state index in [0.29, 0.717) is 29.4 Å². The average molecular weight is 494 g/mol. The summed E-state index contributed by atoms with van der Waals surface area (Å²) in [4.78, 5) is 26.5. The van der Waals surface area contributed by atoms with Crippen LogP contribution in [-0.2, 0) is 9.59 Å². The van der Waals surface area contributed by atoms with Crippen LogP contribution in [-0.4, -0.2) is 46.0 Å². The number of ether oxygens (including phenoxy) is 2. The predicted octanol–water partition coefficient (Wildman–Crippen LogP) is 6.14. The Labute approximate surface area is 206 Å². The third-order valence-electron chi connectivity index (χ3n) is 5.78. The Morgan fingerprint density at radius 2 is 1.88 bits per heavy atom. The highest BCUT2D eigenvalue weighted by molar-refractivity contribution is 8.26. The van der Waals surface area contributed by atoms with Crippen molar-refractivity contribution in [1.29, 1.82) is 0 Å². The first-order valence-electron chi connectivity index (χ1n) is 11.6. The number of nitrogens with zero attached hydrogens (tertiary/aromatic N) is 1. The van der Waals surface area contributed by atoms with Crippen molar-refractivity contribution in [3.05, 3.63) is 28.7 Å². The van der Waals surface area contributed by atoms with E-state index in [9.17, 15) is 14.7 Å². The van der Waals surface area contributed by atoms with Crippen LogP contribution in [0.5, 0.6) is 11.5 Å². The van der Waals surface area contributed by atoms with E-state index < -0.39 is 12.0 Å². The van der Waals surface area contributed by atoms with Gasteiger partial charge in [-0.25, -0.2) is 4.79 Å². The molecule has 33 heavy (non-hydrogen) atoms. The molecule has 1 aliphatic rings. The summed E-state index contributed by atoms with van der Waals surface area (Å²) in [7, 11) is 1.58. The van der Waals surface area contributed by atoms with Crippen LogP contribution in [0.1, 0.15) is 71.3 Å². The number of carboxylic acids is 1. The third kappa shape index (κ3) is 7.47. The van der Waals surface area contributed by atoms with Crippen molar-refractivity contribution in [3.8, 4) is 11.5 Å². The lowest BCUT2D eigenvalue weighted by molar-refractivity contribution is -0.147. The minimum atomic E-state index is -1.05. The van der Waals surface area contributed by atoms with Gasteiger partial charge in [-0.15, -0.1) is 0 Å². The van der Waals surface area contributed by atoms with Crippen LogP contribution >= 0.6 is 24.0 Å². The lowest BCUT2D eigenvalue weighted by Crippen LogP contribution is -2.47. The van der Waals surface area contributed by atoms with Gasteiger partial charge < -0.3 is 14.6 Å². The summed E-state index contributed by atoms with van der Waals surface area (Å²) in [5.74, 6) is -0.380. The van der Waals surface area contributed by atoms with Gasteiger partial charge in [0.15, 0.2) is 11.5 Å². The largest absolute Gasteiger partial charge is 0.493 e. The molecular weight excluding hydrogens is 458 g/mol. The van der Waals surface area contributed by atoms with E-state index in [1.165, 1.54) is 30.6 Å². The van der Waals surface area contributed by atoms with Gasteiger partial charge in [0, 0.05) is 0 Å². The van der Waals surface area contributed by atoms with E-state index in [4.69, 9.17) is 21.7 Å². The molecule has 182 valence electrons. The first-order valence-corrected chi connectivity index (χ1v) is 12.9. The van der Waals surface area contributed by atoms with Crippen LogP contribution in [0.25, 0.3) is 6.08 Å². The van der Waals surface area contributed by atoms with Crippen LogP contribution in [0.15, 0.2) is 23.1 Å². The second-order valence-corrected chi connectivity index (χ2v) is 9.92. The minimum Gasteiger partial charge on any atom is -0.493 e. The standard InChI is InChI=1S/C25H35NO5S2/c1-5-7-8-9-10-11-14-31-19-13-12-18(15-20(19)30-4)16-21-23(27)26(25(32)33-21)22(24(28)29)17(3)6-2/h12-13,15-17,22H,5-11,14H2,1-4H3,(H,28,29). The number of thiocarbonyl (C=S) groups is 1. The molecule has 2 atom stereocenters. The summed E-state index contributed by atoms with van der Waals surface area (Å²) in [6, 6.07) is 4.53. The number of thioether (sulfide) groups is 1. The molecule has 0 spiro atoms. The Balaban J connectivity index is 2.08. The molecule has 2 rings (SSSR count). The van der Waals surface area contributed by atoms with Gasteiger partial charge in [-0.3, -0.25) is 9.69 Å². The molecule has 1 saturated heterocycles. The van der Waals surface area contributed by atoms with Crippen molar-refractivity contribution in [2.24, 2.45) is 5.92 Å². The number of rotatable bonds is 14. The van der Waals surface area contributed by atoms with E-state index in [1.807, 2.05) is 32.0 Å². The second kappa shape index (κ2) is 13.6. The molecule has 1 fully saturated rings. The molecule has 0 bridgehead atoms. The fraction of sp³-hybridized carbons (Fsp3) is 0.560. The normalized spacial score (nSPS) is 16.8. The second-order valence-electron chi connectivity index (χ2n) is 8.25. The molecule has 1 aromatic rings. The maximum atomic E-state index is 13.0. The average Bonchev–Trinajstić information content (AvgIpc) is 3.06. The van der Waals surface area contributed by atoms with Gasteiger partial charge in [-0.2, -0.15) is 0 Å². The Kier molecular flexibility index (Phi) is 11.2. The van der Waals surface area contributed by atoms with Crippen LogP contribution < -0.4 is 9.47 Å². The summed E-state index contributed by atoms with van der Waals surface area (Å²) in [5, 5.41) is 9.68. The zero-order chi connectivity index (χ0) is 24.4. The smallest absolute Gasteiger partial charge is 0.327 e. The highest BCUT2D eigenvalue weighted by Gasteiger charge is 2.42. The van der Waals surface area contributed by atoms with E-state index in [0.717, 1.165) is 30.2 Å². The zero-order valence-corrected chi connectivity index (χ0v) is 21.6. The molecule has 2 unspecified atom stereocenters. The quantitative estimate of drug-likeness (QED) is 0.190. The summed E-state index contributed by atoms with van der Waals surface area (Å²) in [6.07, 6.45) is 9.51. The van der Waals surface area contributed by atoms with Gasteiger partial charge in [0.25, 0.3) is 5.91 Å². The first kappa shape index (κ1) is 27.2. The number of unbranched alkanes of at least 4 members (excludes halogenated alkanes) is 5. The van der Waals surface area contributed by atoms with Gasteiger partial charge in [-0.05, 0) is 36.1 Å². The van der Waals surface area contributed by atoms with E-state index in [-0.39, 0.29) is 16.1 Å². The lowest BCUT2D eigenvalue weighted by Gasteiger charge is -2.27. The molecule has 1 heterocycles. The van der Waals surface area contributed by atoms with Crippen LogP contribution in [0.4, 0.5) is 0 Å². The van der Waals surface area contributed by atoms with Gasteiger partial charge in [0.05, 0.1) is 18.6 Å². The Morgan fingerprint density at radius 3 is 2.52 bits per heavy atom. The molecule has 6 nitrogen and oxygen atoms in total. The van der Waals surface area contributed by atoms with Crippen molar-refractivity contribution < 1.29 is 24.2 Å². The van der Waals surface area contributed by atoms with E-state index in [2.05, 4.69) is 6.92 Å². The first-order chi connectivity index (χ1) is 15.8. The number of benzene rings is 1. The molecule has 1 aliphatic heterocycles. The number of aliphatic carboxylic acids is 1. The number of methoxy groups -OCH3 is 1. The molecular formula is C25H35NO5S2. The maximum Gasteiger partial charge on any atom is 0.327 e. The predicted molar refractivity (Wildman–Crippen MR) is 138 cm³/mol. The van der Waals surface area contributed by atoms with Gasteiger partial charge in [0.1, 0.15) is 10.4 Å². The molecule has 1 aromatic carbocycles. The third-order valence-corrected chi connectivity index (χ3v) is 7.11. The topological polar surface area (TPSA) is 76.1 Å². The molecule has 1 N–H and O–H groups in total. The molecule has 0 aliphatic carbocycles. The number of carbonyl (C=O) groups is 2. The number of amides is 1. The molecule has 0 radical (unpaired) electrons. The number of hydrogen-bond donors (Lipinski definition) is 1. The fourth-order valence-corrected chi connectivity index (χ4v) is 4.99. The van der Waals surface area contributed by atoms with Gasteiger partial charge in [-0.1, -0.05) is 89.3 Å². The summed E-state index contributed by atoms with van der Waals surface area (Å²) in [6.45, 7) is 6.55. The summed E-state index contributed by atoms with van der Waals surface area (Å²) >= 11 is 6.48. The van der Waals surface area contributed by atoms with Crippen molar-refractivity contribution in [1.82, 2.24) is 4.90 Å². The summed E-state index contributed by atoms with van der Waals surface area (Å²) < 4.78 is 11.7. The molecule has 0 saturated carbocycles. The molecule has 0 aromatic heterocycles. The number of carboxylic acid groups (broad SMARTS) is 1. The van der Waals surface area contributed by atoms with Crippen LogP contribution in [0, 0.1) is 5.92 Å². The Bertz CT molecular complexity index is 870. The van der Waals surface area contributed by atoms with Gasteiger partial charge in [0.2, 0.25) is 0 Å². The SMILES string of the molecule is CCCCCCCCOc1ccc(C=C2SC(=S)N(C(C(=O)O)C(C)CC)C2=O)cc1OC. The van der Waals surface area contributed by atoms with Crippen molar-refractivity contribution in [2.45, 2.75) is 71.8 Å². The molecule has 1 amide bonds. The number of hydrogen-bond acceptors (Lipinski definition) is 6. The number of carbonyl (C=O) groups excluding carboxylic acids is 1. The molecule has 8 heteroatoms. The Hall–Kier alpha value is -2.06. The monoisotopic (exact) mass is 493 g/mol. The Morgan fingerprint density at radius 1 is 1.18 bits per heavy atom. The van der Waals surface area contributed by atoms with Crippen molar-refractivity contribution >= 4 is 46.3 Å². The minimum absolute atomic E-state index is 0.215. The summed E-state index contributed by atoms with van der Waals surface area (Å²) in [5.41, 5.74) is 0.759. The van der Waals surface area contributed by atoms with Gasteiger partial charge >= 0.3 is 5.97 Å². The zero-order valence-electron chi connectivity index (χ0n) is 20.0. The van der Waals surface area contributed by atoms with E-state index in [1.54, 1.807) is 13.2 Å². The highest BCUT2D eigenvalue weighted by Crippen LogP contribution is 2.37. The van der Waals surface area contributed by atoms with Crippen molar-refractivity contribution in [2.75, 3.05) is 13.7 Å². The maximum absolute atomic E-state index is 13.0.